The smallest absolute Gasteiger partial charge is 0.146 e. The number of halogens is 1. The van der Waals surface area contributed by atoms with E-state index in [4.69, 9.17) is 4.98 Å². The van der Waals surface area contributed by atoms with Crippen LogP contribution in [0.4, 0.5) is 15.9 Å². The molecule has 2 aromatic carbocycles. The molecule has 0 radical (unpaired) electrons. The third kappa shape index (κ3) is 3.24. The number of aliphatic imine (C=N–C) groups is 1. The molecule has 4 aromatic rings. The Hall–Kier alpha value is -3.54. The first-order valence-electron chi connectivity index (χ1n) is 9.03. The molecule has 28 heavy (non-hydrogen) atoms. The fraction of sp³-hybridized carbons (Fsp3) is 0.136. The lowest BCUT2D eigenvalue weighted by molar-refractivity contribution is 0.632. The number of hydrogen-bond donors (Lipinski definition) is 2. The third-order valence-corrected chi connectivity index (χ3v) is 4.70. The van der Waals surface area contributed by atoms with Crippen LogP contribution in [0.25, 0.3) is 21.7 Å². The van der Waals surface area contributed by atoms with Crippen molar-refractivity contribution in [2.75, 3.05) is 12.4 Å². The van der Waals surface area contributed by atoms with E-state index in [1.165, 1.54) is 6.07 Å². The van der Waals surface area contributed by atoms with Gasteiger partial charge in [0.25, 0.3) is 0 Å². The van der Waals surface area contributed by atoms with Gasteiger partial charge in [0, 0.05) is 41.2 Å². The third-order valence-electron chi connectivity index (χ3n) is 4.70. The monoisotopic (exact) mass is 373 g/mol. The molecule has 0 spiro atoms. The number of rotatable bonds is 5. The van der Waals surface area contributed by atoms with Gasteiger partial charge in [-0.3, -0.25) is 9.98 Å². The van der Waals surface area contributed by atoms with Gasteiger partial charge in [0.15, 0.2) is 0 Å². The summed E-state index contributed by atoms with van der Waals surface area (Å²) < 4.78 is 14.2. The molecule has 5 nitrogen and oxygen atoms in total. The summed E-state index contributed by atoms with van der Waals surface area (Å²) >= 11 is 0. The van der Waals surface area contributed by atoms with Crippen LogP contribution in [0.3, 0.4) is 0 Å². The van der Waals surface area contributed by atoms with E-state index in [1.807, 2.05) is 30.5 Å². The summed E-state index contributed by atoms with van der Waals surface area (Å²) in [6.45, 7) is 2.05. The van der Waals surface area contributed by atoms with Crippen molar-refractivity contribution < 1.29 is 4.39 Å². The number of para-hydroxylation sites is 2. The number of hydrogen-bond acceptors (Lipinski definition) is 4. The first-order valence-corrected chi connectivity index (χ1v) is 9.03. The van der Waals surface area contributed by atoms with Crippen LogP contribution >= 0.6 is 0 Å². The lowest BCUT2D eigenvalue weighted by Gasteiger charge is -2.17. The van der Waals surface area contributed by atoms with Crippen molar-refractivity contribution in [2.24, 2.45) is 4.99 Å². The molecule has 1 unspecified atom stereocenters. The van der Waals surface area contributed by atoms with Crippen LogP contribution in [0.15, 0.2) is 65.9 Å². The largest absolute Gasteiger partial charge is 0.370 e. The molecule has 0 amide bonds. The number of nitrogens with one attached hydrogen (secondary N) is 2. The van der Waals surface area contributed by atoms with Gasteiger partial charge in [-0.15, -0.1) is 0 Å². The summed E-state index contributed by atoms with van der Waals surface area (Å²) in [4.78, 5) is 13.2. The summed E-state index contributed by atoms with van der Waals surface area (Å²) in [5, 5.41) is 9.25. The SMILES string of the molecule is CN=CNC(C)c1cccc2c1nc(Nc1ccccc1F)c1ccncc12. The Morgan fingerprint density at radius 2 is 1.89 bits per heavy atom. The highest BCUT2D eigenvalue weighted by atomic mass is 19.1. The summed E-state index contributed by atoms with van der Waals surface area (Å²) in [7, 11) is 1.72. The highest BCUT2D eigenvalue weighted by Gasteiger charge is 2.15. The van der Waals surface area contributed by atoms with Crippen LogP contribution < -0.4 is 10.6 Å². The second-order valence-electron chi connectivity index (χ2n) is 6.51. The van der Waals surface area contributed by atoms with Crippen LogP contribution in [-0.2, 0) is 0 Å². The topological polar surface area (TPSA) is 62.2 Å². The Bertz CT molecular complexity index is 1170. The van der Waals surface area contributed by atoms with E-state index in [-0.39, 0.29) is 11.9 Å². The second-order valence-corrected chi connectivity index (χ2v) is 6.51. The molecule has 4 rings (SSSR count). The lowest BCUT2D eigenvalue weighted by atomic mass is 10.0. The number of nitrogens with zero attached hydrogens (tertiary/aromatic N) is 3. The average Bonchev–Trinajstić information content (AvgIpc) is 2.73. The maximum absolute atomic E-state index is 14.2. The zero-order valence-corrected chi connectivity index (χ0v) is 15.6. The molecule has 2 heterocycles. The molecule has 2 aromatic heterocycles. The van der Waals surface area contributed by atoms with Crippen molar-refractivity contribution in [3.63, 3.8) is 0 Å². The first-order chi connectivity index (χ1) is 13.7. The van der Waals surface area contributed by atoms with Gasteiger partial charge in [-0.05, 0) is 25.1 Å². The van der Waals surface area contributed by atoms with Crippen LogP contribution in [0.2, 0.25) is 0 Å². The standard InChI is InChI=1S/C22H20FN5/c1-14(26-13-24-2)15-6-5-7-16-18-12-25-11-10-17(18)22(28-21(15)16)27-20-9-4-3-8-19(20)23/h3-14H,1-2H3,(H,24,26)(H,27,28). The fourth-order valence-corrected chi connectivity index (χ4v) is 3.30. The highest BCUT2D eigenvalue weighted by molar-refractivity contribution is 6.11. The summed E-state index contributed by atoms with van der Waals surface area (Å²) in [6, 6.07) is 14.6. The van der Waals surface area contributed by atoms with Crippen molar-refractivity contribution in [1.29, 1.82) is 0 Å². The maximum Gasteiger partial charge on any atom is 0.146 e. The Morgan fingerprint density at radius 1 is 1.04 bits per heavy atom. The predicted molar refractivity (Wildman–Crippen MR) is 113 cm³/mol. The fourth-order valence-electron chi connectivity index (χ4n) is 3.30. The molecule has 0 bridgehead atoms. The molecule has 2 N–H and O–H groups in total. The van der Waals surface area contributed by atoms with Crippen molar-refractivity contribution in [3.05, 3.63) is 72.3 Å². The van der Waals surface area contributed by atoms with E-state index in [9.17, 15) is 4.39 Å². The van der Waals surface area contributed by atoms with Crippen LogP contribution in [0, 0.1) is 5.82 Å². The van der Waals surface area contributed by atoms with E-state index in [1.54, 1.807) is 37.8 Å². The Kier molecular flexibility index (Phi) is 4.85. The zero-order chi connectivity index (χ0) is 19.5. The van der Waals surface area contributed by atoms with E-state index in [0.717, 1.165) is 27.2 Å². The average molecular weight is 373 g/mol. The number of pyridine rings is 2. The highest BCUT2D eigenvalue weighted by Crippen LogP contribution is 2.33. The Morgan fingerprint density at radius 3 is 2.71 bits per heavy atom. The van der Waals surface area contributed by atoms with Crippen molar-refractivity contribution in [2.45, 2.75) is 13.0 Å². The van der Waals surface area contributed by atoms with E-state index < -0.39 is 0 Å². The molecule has 1 atom stereocenters. The molecule has 0 saturated carbocycles. The van der Waals surface area contributed by atoms with Gasteiger partial charge in [0.05, 0.1) is 23.6 Å². The normalized spacial score (nSPS) is 12.5. The van der Waals surface area contributed by atoms with E-state index in [2.05, 4.69) is 27.5 Å². The molecular formula is C22H20FN5. The van der Waals surface area contributed by atoms with Gasteiger partial charge in [0.2, 0.25) is 0 Å². The number of aromatic nitrogens is 2. The molecular weight excluding hydrogens is 353 g/mol. The van der Waals surface area contributed by atoms with Gasteiger partial charge >= 0.3 is 0 Å². The number of benzene rings is 2. The Labute approximate surface area is 162 Å². The number of anilines is 2. The van der Waals surface area contributed by atoms with Gasteiger partial charge in [-0.25, -0.2) is 9.37 Å². The summed E-state index contributed by atoms with van der Waals surface area (Å²) in [5.41, 5.74) is 2.25. The van der Waals surface area contributed by atoms with Gasteiger partial charge in [-0.1, -0.05) is 30.3 Å². The minimum absolute atomic E-state index is 0.00957. The van der Waals surface area contributed by atoms with Gasteiger partial charge in [-0.2, -0.15) is 0 Å². The first kappa shape index (κ1) is 17.9. The number of fused-ring (bicyclic) bond motifs is 3. The molecule has 0 fully saturated rings. The van der Waals surface area contributed by atoms with E-state index >= 15 is 0 Å². The minimum atomic E-state index is -0.325. The summed E-state index contributed by atoms with van der Waals surface area (Å²) in [5.74, 6) is 0.271. The van der Waals surface area contributed by atoms with Gasteiger partial charge < -0.3 is 10.6 Å². The second kappa shape index (κ2) is 7.60. The minimum Gasteiger partial charge on any atom is -0.370 e. The molecule has 6 heteroatoms. The Balaban J connectivity index is 1.94. The van der Waals surface area contributed by atoms with Gasteiger partial charge in [0.1, 0.15) is 11.6 Å². The lowest BCUT2D eigenvalue weighted by Crippen LogP contribution is -2.17. The molecule has 0 saturated heterocycles. The molecule has 0 aliphatic carbocycles. The maximum atomic E-state index is 14.2. The van der Waals surface area contributed by atoms with Crippen molar-refractivity contribution in [3.8, 4) is 0 Å². The molecule has 0 aliphatic rings. The van der Waals surface area contributed by atoms with Crippen LogP contribution in [0.5, 0.6) is 0 Å². The zero-order valence-electron chi connectivity index (χ0n) is 15.6. The predicted octanol–water partition coefficient (Wildman–Crippen LogP) is 4.97. The molecule has 0 aliphatic heterocycles. The van der Waals surface area contributed by atoms with Crippen LogP contribution in [-0.4, -0.2) is 23.4 Å². The van der Waals surface area contributed by atoms with Crippen molar-refractivity contribution in [1.82, 2.24) is 15.3 Å². The summed E-state index contributed by atoms with van der Waals surface area (Å²) in [6.07, 6.45) is 5.21. The molecule has 140 valence electrons. The quantitative estimate of drug-likeness (QED) is 0.294. The van der Waals surface area contributed by atoms with Crippen molar-refractivity contribution >= 4 is 39.5 Å². The van der Waals surface area contributed by atoms with Crippen LogP contribution in [0.1, 0.15) is 18.5 Å². The van der Waals surface area contributed by atoms with E-state index in [0.29, 0.717) is 11.5 Å².